The van der Waals surface area contributed by atoms with Crippen LogP contribution in [0.3, 0.4) is 0 Å². The summed E-state index contributed by atoms with van der Waals surface area (Å²) < 4.78 is 0. The molecule has 1 saturated carbocycles. The summed E-state index contributed by atoms with van der Waals surface area (Å²) in [6, 6.07) is 10.9. The van der Waals surface area contributed by atoms with E-state index in [-0.39, 0.29) is 6.04 Å². The van der Waals surface area contributed by atoms with Crippen molar-refractivity contribution in [1.29, 1.82) is 0 Å². The minimum Gasteiger partial charge on any atom is -0.311 e. The van der Waals surface area contributed by atoms with Gasteiger partial charge in [-0.1, -0.05) is 55.3 Å². The Hall–Kier alpha value is -1.26. The molecule has 0 aliphatic heterocycles. The van der Waals surface area contributed by atoms with Gasteiger partial charge in [0, 0.05) is 18.6 Å². The first-order chi connectivity index (χ1) is 11.2. The number of benzene rings is 1. The van der Waals surface area contributed by atoms with Crippen molar-refractivity contribution in [3.8, 4) is 0 Å². The van der Waals surface area contributed by atoms with Gasteiger partial charge in [0.05, 0.1) is 0 Å². The molecule has 1 aliphatic carbocycles. The first-order valence-electron chi connectivity index (χ1n) is 9.05. The lowest BCUT2D eigenvalue weighted by atomic mass is 10.1. The Bertz CT molecular complexity index is 445. The largest absolute Gasteiger partial charge is 0.311 e. The van der Waals surface area contributed by atoms with Crippen LogP contribution in [0.2, 0.25) is 0 Å². The van der Waals surface area contributed by atoms with Crippen LogP contribution < -0.4 is 5.32 Å². The van der Waals surface area contributed by atoms with Crippen molar-refractivity contribution in [2.75, 3.05) is 20.1 Å². The van der Waals surface area contributed by atoms with Crippen molar-refractivity contribution in [2.24, 2.45) is 5.18 Å². The first-order valence-corrected chi connectivity index (χ1v) is 9.05. The number of nitroso groups, excluding NO2 is 1. The highest BCUT2D eigenvalue weighted by Crippen LogP contribution is 2.20. The van der Waals surface area contributed by atoms with Gasteiger partial charge in [0.1, 0.15) is 6.04 Å². The highest BCUT2D eigenvalue weighted by molar-refractivity contribution is 5.19. The van der Waals surface area contributed by atoms with Crippen molar-refractivity contribution in [3.63, 3.8) is 0 Å². The van der Waals surface area contributed by atoms with E-state index in [0.717, 1.165) is 24.6 Å². The molecule has 0 radical (unpaired) electrons. The van der Waals surface area contributed by atoms with Gasteiger partial charge in [0.15, 0.2) is 0 Å². The van der Waals surface area contributed by atoms with Gasteiger partial charge >= 0.3 is 0 Å². The maximum Gasteiger partial charge on any atom is 0.129 e. The van der Waals surface area contributed by atoms with Gasteiger partial charge in [0.25, 0.3) is 0 Å². The van der Waals surface area contributed by atoms with Crippen LogP contribution in [0.1, 0.15) is 57.1 Å². The van der Waals surface area contributed by atoms with E-state index in [4.69, 9.17) is 0 Å². The van der Waals surface area contributed by atoms with E-state index in [1.807, 2.05) is 30.3 Å². The normalized spacial score (nSPS) is 18.2. The summed E-state index contributed by atoms with van der Waals surface area (Å²) in [5.41, 5.74) is 1.01. The van der Waals surface area contributed by atoms with Crippen molar-refractivity contribution >= 4 is 0 Å². The van der Waals surface area contributed by atoms with E-state index >= 15 is 0 Å². The molecule has 1 N–H and O–H groups in total. The summed E-state index contributed by atoms with van der Waals surface area (Å²) in [5, 5.41) is 7.13. The summed E-state index contributed by atoms with van der Waals surface area (Å²) >= 11 is 0. The van der Waals surface area contributed by atoms with Gasteiger partial charge in [-0.3, -0.25) is 0 Å². The number of likely N-dealkylation sites (N-methyl/N-ethyl adjacent to an activating group) is 1. The fourth-order valence-corrected chi connectivity index (χ4v) is 3.47. The molecular weight excluding hydrogens is 286 g/mol. The quantitative estimate of drug-likeness (QED) is 0.660. The van der Waals surface area contributed by atoms with Crippen LogP contribution in [0.25, 0.3) is 0 Å². The van der Waals surface area contributed by atoms with Crippen molar-refractivity contribution in [3.05, 3.63) is 40.8 Å². The predicted molar refractivity (Wildman–Crippen MR) is 96.6 cm³/mol. The first kappa shape index (κ1) is 18.1. The van der Waals surface area contributed by atoms with Crippen LogP contribution in [0, 0.1) is 4.91 Å². The van der Waals surface area contributed by atoms with Crippen molar-refractivity contribution < 1.29 is 0 Å². The molecule has 1 aliphatic rings. The molecule has 2 atom stereocenters. The van der Waals surface area contributed by atoms with Crippen molar-refractivity contribution in [2.45, 2.75) is 63.6 Å². The van der Waals surface area contributed by atoms with E-state index in [1.165, 1.54) is 32.1 Å². The SMILES string of the molecule is CCC(CCN(C)CC(N=O)c1ccccc1)NC1CCCC1. The van der Waals surface area contributed by atoms with E-state index in [0.29, 0.717) is 12.6 Å². The average molecular weight is 317 g/mol. The van der Waals surface area contributed by atoms with Crippen LogP contribution in [0.15, 0.2) is 35.5 Å². The molecule has 1 aromatic rings. The Labute approximate surface area is 140 Å². The molecule has 2 rings (SSSR count). The third-order valence-corrected chi connectivity index (χ3v) is 4.97. The number of rotatable bonds is 10. The minimum absolute atomic E-state index is 0.274. The molecule has 1 aromatic carbocycles. The molecule has 0 aromatic heterocycles. The molecule has 23 heavy (non-hydrogen) atoms. The second kappa shape index (κ2) is 9.78. The molecule has 0 spiro atoms. The lowest BCUT2D eigenvalue weighted by molar-refractivity contribution is 0.280. The molecule has 128 valence electrons. The maximum absolute atomic E-state index is 11.2. The van der Waals surface area contributed by atoms with Gasteiger partial charge < -0.3 is 10.2 Å². The van der Waals surface area contributed by atoms with Gasteiger partial charge in [0.2, 0.25) is 0 Å². The third-order valence-electron chi connectivity index (χ3n) is 4.97. The molecule has 0 saturated heterocycles. The average Bonchev–Trinajstić information content (AvgIpc) is 3.10. The fraction of sp³-hybridized carbons (Fsp3) is 0.684. The summed E-state index contributed by atoms with van der Waals surface area (Å²) in [7, 11) is 2.09. The molecular formula is C19H31N3O. The number of hydrogen-bond acceptors (Lipinski definition) is 4. The molecule has 1 fully saturated rings. The van der Waals surface area contributed by atoms with E-state index in [1.54, 1.807) is 0 Å². The topological polar surface area (TPSA) is 44.7 Å². The van der Waals surface area contributed by atoms with Crippen LogP contribution in [0.5, 0.6) is 0 Å². The van der Waals surface area contributed by atoms with Crippen molar-refractivity contribution in [1.82, 2.24) is 10.2 Å². The predicted octanol–water partition coefficient (Wildman–Crippen LogP) is 4.13. The summed E-state index contributed by atoms with van der Waals surface area (Å²) in [6.45, 7) is 3.94. The maximum atomic E-state index is 11.2. The Kier molecular flexibility index (Phi) is 7.69. The second-order valence-corrected chi connectivity index (χ2v) is 6.84. The van der Waals surface area contributed by atoms with E-state index < -0.39 is 0 Å². The minimum atomic E-state index is -0.274. The Morgan fingerprint density at radius 2 is 1.96 bits per heavy atom. The van der Waals surface area contributed by atoms with Crippen LogP contribution in [-0.2, 0) is 0 Å². The van der Waals surface area contributed by atoms with Gasteiger partial charge in [-0.25, -0.2) is 0 Å². The number of nitrogens with zero attached hydrogens (tertiary/aromatic N) is 2. The Morgan fingerprint density at radius 1 is 1.26 bits per heavy atom. The van der Waals surface area contributed by atoms with Gasteiger partial charge in [-0.2, -0.15) is 4.91 Å². The van der Waals surface area contributed by atoms with Crippen LogP contribution in [0.4, 0.5) is 0 Å². The standard InChI is InChI=1S/C19H31N3O/c1-3-17(20-18-11-7-8-12-18)13-14-22(2)15-19(21-23)16-9-5-4-6-10-16/h4-6,9-10,17-20H,3,7-8,11-15H2,1-2H3. The Balaban J connectivity index is 1.76. The molecule has 0 amide bonds. The lowest BCUT2D eigenvalue weighted by Crippen LogP contribution is -2.39. The van der Waals surface area contributed by atoms with Crippen LogP contribution in [-0.4, -0.2) is 37.1 Å². The summed E-state index contributed by atoms with van der Waals surface area (Å²) in [5.74, 6) is 0. The lowest BCUT2D eigenvalue weighted by Gasteiger charge is -2.25. The number of nitrogens with one attached hydrogen (secondary N) is 1. The fourth-order valence-electron chi connectivity index (χ4n) is 3.47. The molecule has 0 bridgehead atoms. The zero-order valence-electron chi connectivity index (χ0n) is 14.6. The summed E-state index contributed by atoms with van der Waals surface area (Å²) in [6.07, 6.45) is 7.70. The molecule has 4 heteroatoms. The second-order valence-electron chi connectivity index (χ2n) is 6.84. The highest BCUT2D eigenvalue weighted by Gasteiger charge is 2.19. The highest BCUT2D eigenvalue weighted by atomic mass is 16.3. The smallest absolute Gasteiger partial charge is 0.129 e. The monoisotopic (exact) mass is 317 g/mol. The molecule has 2 unspecified atom stereocenters. The van der Waals surface area contributed by atoms with Gasteiger partial charge in [-0.15, -0.1) is 0 Å². The third kappa shape index (κ3) is 6.04. The Morgan fingerprint density at radius 3 is 2.57 bits per heavy atom. The zero-order valence-corrected chi connectivity index (χ0v) is 14.6. The zero-order chi connectivity index (χ0) is 16.5. The van der Waals surface area contributed by atoms with Crippen LogP contribution >= 0.6 is 0 Å². The summed E-state index contributed by atoms with van der Waals surface area (Å²) in [4.78, 5) is 13.4. The molecule has 4 nitrogen and oxygen atoms in total. The number of hydrogen-bond donors (Lipinski definition) is 1. The molecule has 0 heterocycles. The van der Waals surface area contributed by atoms with E-state index in [2.05, 4.69) is 29.4 Å². The van der Waals surface area contributed by atoms with Gasteiger partial charge in [-0.05, 0) is 44.8 Å². The van der Waals surface area contributed by atoms with E-state index in [9.17, 15) is 4.91 Å².